The topological polar surface area (TPSA) is 70.1 Å². The zero-order chi connectivity index (χ0) is 21.8. The first-order chi connectivity index (χ1) is 15.0. The van der Waals surface area contributed by atoms with Gasteiger partial charge in [0.15, 0.2) is 0 Å². The first-order valence-corrected chi connectivity index (χ1v) is 10.3. The third-order valence-electron chi connectivity index (χ3n) is 4.76. The van der Waals surface area contributed by atoms with Gasteiger partial charge in [0.25, 0.3) is 5.91 Å². The minimum absolute atomic E-state index is 0.275. The average molecular weight is 449 g/mol. The summed E-state index contributed by atoms with van der Waals surface area (Å²) in [6.07, 6.45) is 0. The van der Waals surface area contributed by atoms with Crippen LogP contribution < -0.4 is 5.43 Å². The largest absolute Gasteiger partial charge is 0.289 e. The Morgan fingerprint density at radius 1 is 0.935 bits per heavy atom. The molecule has 0 unspecified atom stereocenters. The summed E-state index contributed by atoms with van der Waals surface area (Å²) < 4.78 is 0. The lowest BCUT2D eigenvalue weighted by Gasteiger charge is -2.05. The molecule has 0 atom stereocenters. The van der Waals surface area contributed by atoms with E-state index in [-0.39, 0.29) is 5.69 Å². The lowest BCUT2D eigenvalue weighted by atomic mass is 10.0. The number of aromatic amines is 1. The molecule has 0 radical (unpaired) electrons. The minimum Gasteiger partial charge on any atom is -0.272 e. The Hall–Kier alpha value is -3.41. The summed E-state index contributed by atoms with van der Waals surface area (Å²) in [6.45, 7) is 1.84. The van der Waals surface area contributed by atoms with Crippen molar-refractivity contribution in [2.75, 3.05) is 0 Å². The number of hydrazone groups is 1. The molecule has 3 aromatic carbocycles. The maximum Gasteiger partial charge on any atom is 0.289 e. The van der Waals surface area contributed by atoms with Crippen LogP contribution in [-0.2, 0) is 0 Å². The normalized spacial score (nSPS) is 11.4. The van der Waals surface area contributed by atoms with Crippen molar-refractivity contribution in [1.29, 1.82) is 0 Å². The van der Waals surface area contributed by atoms with Crippen LogP contribution in [0.15, 0.2) is 84.0 Å². The molecule has 0 saturated heterocycles. The molecule has 1 amide bonds. The van der Waals surface area contributed by atoms with E-state index in [4.69, 9.17) is 23.2 Å². The second-order valence-corrected chi connectivity index (χ2v) is 7.72. The van der Waals surface area contributed by atoms with Crippen LogP contribution in [0.4, 0.5) is 0 Å². The summed E-state index contributed by atoms with van der Waals surface area (Å²) in [6, 6.07) is 24.9. The van der Waals surface area contributed by atoms with E-state index in [0.29, 0.717) is 27.0 Å². The lowest BCUT2D eigenvalue weighted by Crippen LogP contribution is -2.19. The van der Waals surface area contributed by atoms with Gasteiger partial charge in [-0.05, 0) is 47.9 Å². The Morgan fingerprint density at radius 3 is 2.35 bits per heavy atom. The van der Waals surface area contributed by atoms with Crippen molar-refractivity contribution < 1.29 is 4.79 Å². The van der Waals surface area contributed by atoms with Crippen LogP contribution in [0.3, 0.4) is 0 Å². The molecule has 31 heavy (non-hydrogen) atoms. The molecular formula is C24H18Cl2N4O. The first-order valence-electron chi connectivity index (χ1n) is 9.52. The highest BCUT2D eigenvalue weighted by atomic mass is 35.5. The van der Waals surface area contributed by atoms with E-state index < -0.39 is 5.91 Å². The predicted molar refractivity (Wildman–Crippen MR) is 126 cm³/mol. The molecule has 0 aliphatic heterocycles. The van der Waals surface area contributed by atoms with Crippen LogP contribution >= 0.6 is 23.2 Å². The molecule has 5 nitrogen and oxygen atoms in total. The number of aromatic nitrogens is 2. The van der Waals surface area contributed by atoms with Crippen molar-refractivity contribution in [1.82, 2.24) is 15.6 Å². The Morgan fingerprint density at radius 2 is 1.65 bits per heavy atom. The van der Waals surface area contributed by atoms with Crippen LogP contribution in [0.2, 0.25) is 10.0 Å². The second kappa shape index (κ2) is 9.16. The number of carbonyl (C=O) groups excluding carboxylic acids is 1. The van der Waals surface area contributed by atoms with Crippen molar-refractivity contribution in [2.24, 2.45) is 5.10 Å². The summed E-state index contributed by atoms with van der Waals surface area (Å²) in [4.78, 5) is 12.5. The number of halogens is 2. The zero-order valence-electron chi connectivity index (χ0n) is 16.6. The van der Waals surface area contributed by atoms with Crippen molar-refractivity contribution in [2.45, 2.75) is 6.92 Å². The van der Waals surface area contributed by atoms with E-state index in [1.807, 2.05) is 49.4 Å². The van der Waals surface area contributed by atoms with Crippen molar-refractivity contribution in [3.05, 3.63) is 100 Å². The van der Waals surface area contributed by atoms with E-state index in [1.54, 1.807) is 24.3 Å². The molecule has 4 aromatic rings. The number of hydrogen-bond acceptors (Lipinski definition) is 3. The van der Waals surface area contributed by atoms with E-state index in [1.165, 1.54) is 0 Å². The van der Waals surface area contributed by atoms with E-state index in [2.05, 4.69) is 32.9 Å². The number of nitrogens with one attached hydrogen (secondary N) is 2. The summed E-state index contributed by atoms with van der Waals surface area (Å²) >= 11 is 12.1. The van der Waals surface area contributed by atoms with Gasteiger partial charge in [-0.25, -0.2) is 5.43 Å². The number of hydrogen-bond donors (Lipinski definition) is 2. The smallest absolute Gasteiger partial charge is 0.272 e. The third kappa shape index (κ3) is 4.85. The van der Waals surface area contributed by atoms with Crippen LogP contribution in [0.5, 0.6) is 0 Å². The molecule has 1 heterocycles. The molecule has 154 valence electrons. The number of amides is 1. The fourth-order valence-corrected chi connectivity index (χ4v) is 3.57. The molecule has 0 spiro atoms. The molecule has 0 aliphatic rings. The highest BCUT2D eigenvalue weighted by Crippen LogP contribution is 2.29. The molecule has 0 fully saturated rings. The van der Waals surface area contributed by atoms with Crippen molar-refractivity contribution in [3.8, 4) is 22.4 Å². The van der Waals surface area contributed by atoms with Crippen molar-refractivity contribution >= 4 is 34.8 Å². The third-order valence-corrected chi connectivity index (χ3v) is 5.31. The lowest BCUT2D eigenvalue weighted by molar-refractivity contribution is 0.0950. The molecule has 0 aliphatic carbocycles. The predicted octanol–water partition coefficient (Wildman–Crippen LogP) is 6.20. The molecule has 4 rings (SSSR count). The minimum atomic E-state index is -0.399. The fraction of sp³-hybridized carbons (Fsp3) is 0.0417. The summed E-state index contributed by atoms with van der Waals surface area (Å²) in [5.74, 6) is -0.399. The maximum absolute atomic E-state index is 12.5. The number of benzene rings is 3. The Bertz CT molecular complexity index is 1250. The monoisotopic (exact) mass is 448 g/mol. The highest BCUT2D eigenvalue weighted by Gasteiger charge is 2.13. The van der Waals surface area contributed by atoms with Gasteiger partial charge in [-0.15, -0.1) is 0 Å². The van der Waals surface area contributed by atoms with Gasteiger partial charge < -0.3 is 0 Å². The number of rotatable bonds is 5. The highest BCUT2D eigenvalue weighted by molar-refractivity contribution is 6.36. The quantitative estimate of drug-likeness (QED) is 0.281. The van der Waals surface area contributed by atoms with Gasteiger partial charge in [0, 0.05) is 10.6 Å². The molecule has 1 aromatic heterocycles. The standard InChI is InChI=1S/C24H18Cl2N4O/c1-15(16-7-9-18(10-8-16)17-5-3-2-4-6-17)27-30-24(31)23-14-22(28-29-23)20-12-11-19(25)13-21(20)26/h2-14H,1H3,(H,28,29)(H,30,31)/b27-15+. The zero-order valence-corrected chi connectivity index (χ0v) is 18.1. The van der Waals surface area contributed by atoms with Gasteiger partial charge in [-0.2, -0.15) is 10.2 Å². The Balaban J connectivity index is 1.45. The van der Waals surface area contributed by atoms with Crippen molar-refractivity contribution in [3.63, 3.8) is 0 Å². The van der Waals surface area contributed by atoms with Crippen LogP contribution in [0, 0.1) is 0 Å². The number of nitrogens with zero attached hydrogens (tertiary/aromatic N) is 2. The SMILES string of the molecule is C/C(=N\NC(=O)c1cc(-c2ccc(Cl)cc2Cl)n[nH]1)c1ccc(-c2ccccc2)cc1. The van der Waals surface area contributed by atoms with Crippen LogP contribution in [0.1, 0.15) is 23.0 Å². The van der Waals surface area contributed by atoms with E-state index in [0.717, 1.165) is 16.7 Å². The molecule has 0 saturated carbocycles. The summed E-state index contributed by atoms with van der Waals surface area (Å²) in [7, 11) is 0. The summed E-state index contributed by atoms with van der Waals surface area (Å²) in [5, 5.41) is 12.1. The van der Waals surface area contributed by atoms with E-state index in [9.17, 15) is 4.79 Å². The summed E-state index contributed by atoms with van der Waals surface area (Å²) in [5.41, 5.74) is 7.92. The van der Waals surface area contributed by atoms with E-state index >= 15 is 0 Å². The van der Waals surface area contributed by atoms with Gasteiger partial charge in [-0.3, -0.25) is 9.89 Å². The van der Waals surface area contributed by atoms with Crippen LogP contribution in [0.25, 0.3) is 22.4 Å². The number of carbonyl (C=O) groups is 1. The van der Waals surface area contributed by atoms with Gasteiger partial charge in [0.1, 0.15) is 5.69 Å². The Kier molecular flexibility index (Phi) is 6.16. The van der Waals surface area contributed by atoms with Gasteiger partial charge in [-0.1, -0.05) is 77.8 Å². The number of H-pyrrole nitrogens is 1. The molecule has 0 bridgehead atoms. The molecule has 2 N–H and O–H groups in total. The van der Waals surface area contributed by atoms with Crippen LogP contribution in [-0.4, -0.2) is 21.8 Å². The van der Waals surface area contributed by atoms with Gasteiger partial charge >= 0.3 is 0 Å². The average Bonchev–Trinajstić information content (AvgIpc) is 3.28. The molecule has 7 heteroatoms. The first kappa shape index (κ1) is 20.8. The fourth-order valence-electron chi connectivity index (χ4n) is 3.07. The van der Waals surface area contributed by atoms with Gasteiger partial charge in [0.2, 0.25) is 0 Å². The van der Waals surface area contributed by atoms with Gasteiger partial charge in [0.05, 0.1) is 16.4 Å². The maximum atomic E-state index is 12.5. The molecular weight excluding hydrogens is 431 g/mol. The Labute approximate surface area is 189 Å². The second-order valence-electron chi connectivity index (χ2n) is 6.87.